The van der Waals surface area contributed by atoms with Crippen molar-refractivity contribution >= 4 is 27.4 Å². The first-order chi connectivity index (χ1) is 12.6. The maximum atomic E-state index is 13.2. The van der Waals surface area contributed by atoms with E-state index in [0.29, 0.717) is 13.1 Å². The summed E-state index contributed by atoms with van der Waals surface area (Å²) >= 11 is 0. The third-order valence-corrected chi connectivity index (χ3v) is 4.93. The largest absolute Gasteiger partial charge is 0.416 e. The van der Waals surface area contributed by atoms with Gasteiger partial charge in [0.15, 0.2) is 5.82 Å². The first-order valence-corrected chi connectivity index (χ1v) is 9.37. The van der Waals surface area contributed by atoms with Gasteiger partial charge in [-0.3, -0.25) is 4.79 Å². The van der Waals surface area contributed by atoms with Crippen LogP contribution in [0.1, 0.15) is 22.3 Å². The molecule has 2 heterocycles. The lowest BCUT2D eigenvalue weighted by Crippen LogP contribution is -2.42. The molecule has 0 saturated carbocycles. The SMILES string of the molecule is NS(=O)(=O)c1cccnc1Nc1cc(C(=O)N2CCC2)cc(C(F)(F)F)c1. The number of amides is 1. The number of halogens is 3. The summed E-state index contributed by atoms with van der Waals surface area (Å²) in [6, 6.07) is 5.26. The zero-order valence-corrected chi connectivity index (χ0v) is 14.6. The van der Waals surface area contributed by atoms with E-state index in [1.54, 1.807) is 0 Å². The number of carbonyl (C=O) groups is 1. The number of benzene rings is 1. The van der Waals surface area contributed by atoms with Crippen molar-refractivity contribution in [2.75, 3.05) is 18.4 Å². The van der Waals surface area contributed by atoms with Crippen molar-refractivity contribution in [3.63, 3.8) is 0 Å². The minimum absolute atomic E-state index is 0.128. The number of nitrogens with two attached hydrogens (primary N) is 1. The molecule has 0 radical (unpaired) electrons. The highest BCUT2D eigenvalue weighted by Gasteiger charge is 2.33. The summed E-state index contributed by atoms with van der Waals surface area (Å²) in [6.45, 7) is 0.960. The van der Waals surface area contributed by atoms with E-state index in [-0.39, 0.29) is 22.0 Å². The number of nitrogens with zero attached hydrogens (tertiary/aromatic N) is 2. The number of hydrogen-bond donors (Lipinski definition) is 2. The van der Waals surface area contributed by atoms with Gasteiger partial charge in [-0.15, -0.1) is 0 Å². The third-order valence-electron chi connectivity index (χ3n) is 3.99. The molecule has 0 spiro atoms. The number of alkyl halides is 3. The fourth-order valence-electron chi connectivity index (χ4n) is 2.54. The van der Waals surface area contributed by atoms with Crippen molar-refractivity contribution in [1.82, 2.24) is 9.88 Å². The van der Waals surface area contributed by atoms with E-state index in [1.807, 2.05) is 0 Å². The molecule has 1 amide bonds. The Balaban J connectivity index is 2.04. The van der Waals surface area contributed by atoms with Crippen LogP contribution in [0.3, 0.4) is 0 Å². The molecule has 0 aliphatic carbocycles. The van der Waals surface area contributed by atoms with Gasteiger partial charge in [-0.1, -0.05) is 0 Å². The molecule has 2 aromatic rings. The number of carbonyl (C=O) groups excluding carboxylic acids is 1. The zero-order valence-electron chi connectivity index (χ0n) is 13.8. The number of pyridine rings is 1. The molecule has 1 aromatic heterocycles. The minimum Gasteiger partial charge on any atom is -0.339 e. The predicted octanol–water partition coefficient (Wildman–Crippen LogP) is 2.34. The van der Waals surface area contributed by atoms with E-state index < -0.39 is 27.7 Å². The number of nitrogens with one attached hydrogen (secondary N) is 1. The fraction of sp³-hybridized carbons (Fsp3) is 0.250. The Morgan fingerprint density at radius 1 is 1.22 bits per heavy atom. The van der Waals surface area contributed by atoms with Crippen molar-refractivity contribution in [3.8, 4) is 0 Å². The zero-order chi connectivity index (χ0) is 19.8. The summed E-state index contributed by atoms with van der Waals surface area (Å²) in [5.74, 6) is -0.759. The van der Waals surface area contributed by atoms with Gasteiger partial charge < -0.3 is 10.2 Å². The minimum atomic E-state index is -4.69. The Bertz CT molecular complexity index is 989. The summed E-state index contributed by atoms with van der Waals surface area (Å²) in [6.07, 6.45) is -2.63. The van der Waals surface area contributed by atoms with Gasteiger partial charge in [0.2, 0.25) is 10.0 Å². The van der Waals surface area contributed by atoms with E-state index in [4.69, 9.17) is 5.14 Å². The van der Waals surface area contributed by atoms with E-state index in [2.05, 4.69) is 10.3 Å². The summed E-state index contributed by atoms with van der Waals surface area (Å²) in [7, 11) is -4.15. The number of anilines is 2. The van der Waals surface area contributed by atoms with Crippen LogP contribution >= 0.6 is 0 Å². The van der Waals surface area contributed by atoms with Gasteiger partial charge in [-0.25, -0.2) is 18.5 Å². The predicted molar refractivity (Wildman–Crippen MR) is 90.9 cm³/mol. The second-order valence-electron chi connectivity index (χ2n) is 5.96. The lowest BCUT2D eigenvalue weighted by atomic mass is 10.1. The van der Waals surface area contributed by atoms with Crippen LogP contribution in [0.2, 0.25) is 0 Å². The number of sulfonamides is 1. The average molecular weight is 400 g/mol. The maximum Gasteiger partial charge on any atom is 0.416 e. The Morgan fingerprint density at radius 3 is 2.48 bits per heavy atom. The number of aromatic nitrogens is 1. The van der Waals surface area contributed by atoms with Crippen molar-refractivity contribution in [1.29, 1.82) is 0 Å². The number of rotatable bonds is 4. The maximum absolute atomic E-state index is 13.2. The van der Waals surface area contributed by atoms with Gasteiger partial charge in [0.25, 0.3) is 5.91 Å². The molecule has 1 aliphatic rings. The van der Waals surface area contributed by atoms with Crippen LogP contribution in [0.25, 0.3) is 0 Å². The second kappa shape index (κ2) is 6.82. The number of primary sulfonamides is 1. The van der Waals surface area contributed by atoms with Crippen molar-refractivity contribution in [3.05, 3.63) is 47.7 Å². The molecule has 0 atom stereocenters. The second-order valence-corrected chi connectivity index (χ2v) is 7.49. The van der Waals surface area contributed by atoms with Crippen molar-refractivity contribution < 1.29 is 26.4 Å². The first kappa shape index (κ1) is 19.1. The van der Waals surface area contributed by atoms with E-state index in [1.165, 1.54) is 29.3 Å². The van der Waals surface area contributed by atoms with Crippen molar-refractivity contribution in [2.24, 2.45) is 5.14 Å². The molecule has 0 unspecified atom stereocenters. The number of likely N-dealkylation sites (tertiary alicyclic amines) is 1. The highest BCUT2D eigenvalue weighted by Crippen LogP contribution is 2.34. The van der Waals surface area contributed by atoms with E-state index in [9.17, 15) is 26.4 Å². The van der Waals surface area contributed by atoms with Crippen LogP contribution in [0, 0.1) is 0 Å². The molecule has 144 valence electrons. The van der Waals surface area contributed by atoms with Gasteiger partial charge in [0, 0.05) is 30.5 Å². The summed E-state index contributed by atoms with van der Waals surface area (Å²) < 4.78 is 63.0. The van der Waals surface area contributed by atoms with Crippen LogP contribution in [0.4, 0.5) is 24.7 Å². The quantitative estimate of drug-likeness (QED) is 0.820. The third kappa shape index (κ3) is 4.19. The molecule has 1 fully saturated rings. The van der Waals surface area contributed by atoms with Crippen LogP contribution in [-0.2, 0) is 16.2 Å². The van der Waals surface area contributed by atoms with Gasteiger partial charge in [0.05, 0.1) is 5.56 Å². The molecule has 0 bridgehead atoms. The standard InChI is InChI=1S/C16H15F3N4O3S/c17-16(18,19)11-7-10(15(24)23-5-2-6-23)8-12(9-11)22-14-13(27(20,25)26)3-1-4-21-14/h1,3-4,7-9H,2,5-6H2,(H,21,22)(H2,20,25,26). The van der Waals surface area contributed by atoms with Crippen LogP contribution in [-0.4, -0.2) is 37.3 Å². The Labute approximate surface area is 153 Å². The summed E-state index contributed by atoms with van der Waals surface area (Å²) in [4.78, 5) is 17.2. The fourth-order valence-corrected chi connectivity index (χ4v) is 3.18. The van der Waals surface area contributed by atoms with Gasteiger partial charge >= 0.3 is 6.18 Å². The molecule has 1 saturated heterocycles. The molecule has 11 heteroatoms. The Hall–Kier alpha value is -2.66. The molecule has 7 nitrogen and oxygen atoms in total. The molecule has 27 heavy (non-hydrogen) atoms. The van der Waals surface area contributed by atoms with Crippen LogP contribution in [0.15, 0.2) is 41.4 Å². The van der Waals surface area contributed by atoms with Crippen LogP contribution in [0.5, 0.6) is 0 Å². The van der Waals surface area contributed by atoms with E-state index in [0.717, 1.165) is 18.6 Å². The van der Waals surface area contributed by atoms with Crippen molar-refractivity contribution in [2.45, 2.75) is 17.5 Å². The van der Waals surface area contributed by atoms with Crippen LogP contribution < -0.4 is 10.5 Å². The monoisotopic (exact) mass is 400 g/mol. The molecule has 1 aromatic carbocycles. The molecule has 3 N–H and O–H groups in total. The average Bonchev–Trinajstić information content (AvgIpc) is 2.51. The molecule has 1 aliphatic heterocycles. The lowest BCUT2D eigenvalue weighted by Gasteiger charge is -2.31. The summed E-state index contributed by atoms with van der Waals surface area (Å²) in [5, 5.41) is 7.63. The normalized spacial score (nSPS) is 14.6. The number of hydrogen-bond acceptors (Lipinski definition) is 5. The van der Waals surface area contributed by atoms with Gasteiger partial charge in [-0.05, 0) is 36.8 Å². The lowest BCUT2D eigenvalue weighted by molar-refractivity contribution is -0.137. The molecular formula is C16H15F3N4O3S. The summed E-state index contributed by atoms with van der Waals surface area (Å²) in [5.41, 5.74) is -1.32. The Kier molecular flexibility index (Phi) is 4.82. The van der Waals surface area contributed by atoms with Gasteiger partial charge in [-0.2, -0.15) is 13.2 Å². The smallest absolute Gasteiger partial charge is 0.339 e. The van der Waals surface area contributed by atoms with E-state index >= 15 is 0 Å². The molecule has 3 rings (SSSR count). The topological polar surface area (TPSA) is 105 Å². The molecular weight excluding hydrogens is 385 g/mol. The highest BCUT2D eigenvalue weighted by atomic mass is 32.2. The van der Waals surface area contributed by atoms with Gasteiger partial charge in [0.1, 0.15) is 4.90 Å². The first-order valence-electron chi connectivity index (χ1n) is 7.82. The highest BCUT2D eigenvalue weighted by molar-refractivity contribution is 7.89. The Morgan fingerprint density at radius 2 is 1.93 bits per heavy atom.